The van der Waals surface area contributed by atoms with Crippen LogP contribution < -0.4 is 11.5 Å². The van der Waals surface area contributed by atoms with Gasteiger partial charge < -0.3 is 11.5 Å². The second-order valence-corrected chi connectivity index (χ2v) is 7.03. The third-order valence-corrected chi connectivity index (χ3v) is 5.41. The van der Waals surface area contributed by atoms with Gasteiger partial charge in [-0.3, -0.25) is 0 Å². The van der Waals surface area contributed by atoms with E-state index < -0.39 is 10.0 Å². The molecule has 0 spiro atoms. The summed E-state index contributed by atoms with van der Waals surface area (Å²) in [6.07, 6.45) is 3.72. The molecule has 0 fully saturated rings. The molecule has 0 unspecified atom stereocenters. The van der Waals surface area contributed by atoms with E-state index in [0.29, 0.717) is 24.2 Å². The number of guanidine groups is 1. The molecule has 0 saturated heterocycles. The number of nitrogens with two attached hydrogens (primary N) is 2. The number of hydrogen-bond acceptors (Lipinski definition) is 4. The van der Waals surface area contributed by atoms with Crippen LogP contribution in [0.15, 0.2) is 57.7 Å². The molecule has 0 radical (unpaired) electrons. The molecule has 1 aliphatic rings. The van der Waals surface area contributed by atoms with Gasteiger partial charge in [0.2, 0.25) is 5.96 Å². The lowest BCUT2D eigenvalue weighted by molar-refractivity contribution is 0.584. The van der Waals surface area contributed by atoms with Gasteiger partial charge in [0.15, 0.2) is 0 Å². The standard InChI is InChI=1S/C15H17N5O2S/c16-15(17)19-18-13-7-4-8-14-12(13)9-10-20(14)23(21,22)11-5-2-1-3-6-11/h1-3,5-6,9-10H,4,7-8H2,(H4,16,17,19). The fraction of sp³-hybridized carbons (Fsp3) is 0.200. The summed E-state index contributed by atoms with van der Waals surface area (Å²) in [6, 6.07) is 10.1. The highest BCUT2D eigenvalue weighted by Gasteiger charge is 2.26. The van der Waals surface area contributed by atoms with Gasteiger partial charge in [-0.15, -0.1) is 5.10 Å². The largest absolute Gasteiger partial charge is 0.369 e. The van der Waals surface area contributed by atoms with Crippen LogP contribution in [0.5, 0.6) is 0 Å². The molecule has 0 amide bonds. The molecule has 0 aliphatic heterocycles. The van der Waals surface area contributed by atoms with Gasteiger partial charge in [0.1, 0.15) is 0 Å². The van der Waals surface area contributed by atoms with Crippen LogP contribution in [-0.4, -0.2) is 24.1 Å². The van der Waals surface area contributed by atoms with Crippen molar-refractivity contribution in [1.82, 2.24) is 3.97 Å². The molecule has 4 N–H and O–H groups in total. The Kier molecular flexibility index (Phi) is 3.91. The van der Waals surface area contributed by atoms with Crippen LogP contribution in [0.25, 0.3) is 0 Å². The number of nitrogens with zero attached hydrogens (tertiary/aromatic N) is 3. The quantitative estimate of drug-likeness (QED) is 0.496. The lowest BCUT2D eigenvalue weighted by atomic mass is 9.96. The molecule has 1 aromatic heterocycles. The molecule has 1 heterocycles. The summed E-state index contributed by atoms with van der Waals surface area (Å²) in [4.78, 5) is 0.256. The predicted octanol–water partition coefficient (Wildman–Crippen LogP) is 1.04. The first kappa shape index (κ1) is 15.3. The van der Waals surface area contributed by atoms with E-state index in [4.69, 9.17) is 11.5 Å². The maximum Gasteiger partial charge on any atom is 0.267 e. The summed E-state index contributed by atoms with van der Waals surface area (Å²) in [7, 11) is -3.62. The lowest BCUT2D eigenvalue weighted by Crippen LogP contribution is -2.22. The van der Waals surface area contributed by atoms with Crippen LogP contribution in [-0.2, 0) is 16.4 Å². The normalized spacial score (nSPS) is 16.1. The summed E-state index contributed by atoms with van der Waals surface area (Å²) in [5.74, 6) is -0.124. The van der Waals surface area contributed by atoms with Gasteiger partial charge in [0, 0.05) is 17.5 Å². The summed E-state index contributed by atoms with van der Waals surface area (Å²) in [5, 5.41) is 7.72. The number of fused-ring (bicyclic) bond motifs is 1. The minimum Gasteiger partial charge on any atom is -0.369 e. The Hall–Kier alpha value is -2.61. The van der Waals surface area contributed by atoms with Crippen molar-refractivity contribution in [1.29, 1.82) is 0 Å². The molecular weight excluding hydrogens is 314 g/mol. The fourth-order valence-corrected chi connectivity index (χ4v) is 4.09. The monoisotopic (exact) mass is 331 g/mol. The van der Waals surface area contributed by atoms with E-state index >= 15 is 0 Å². The summed E-state index contributed by atoms with van der Waals surface area (Å²) >= 11 is 0. The van der Waals surface area contributed by atoms with Crippen LogP contribution in [0.4, 0.5) is 0 Å². The van der Waals surface area contributed by atoms with E-state index in [9.17, 15) is 8.42 Å². The van der Waals surface area contributed by atoms with Crippen molar-refractivity contribution >= 4 is 21.7 Å². The van der Waals surface area contributed by atoms with Crippen molar-refractivity contribution in [3.63, 3.8) is 0 Å². The Labute approximate surface area is 134 Å². The topological polar surface area (TPSA) is 116 Å². The third-order valence-electron chi connectivity index (χ3n) is 3.68. The zero-order valence-corrected chi connectivity index (χ0v) is 13.2. The van der Waals surface area contributed by atoms with Crippen LogP contribution >= 0.6 is 0 Å². The minimum absolute atomic E-state index is 0.124. The summed E-state index contributed by atoms with van der Waals surface area (Å²) in [5.41, 5.74) is 12.8. The van der Waals surface area contributed by atoms with E-state index in [1.54, 1.807) is 42.6 Å². The molecule has 120 valence electrons. The van der Waals surface area contributed by atoms with Gasteiger partial charge in [-0.25, -0.2) is 12.4 Å². The van der Waals surface area contributed by atoms with Gasteiger partial charge in [-0.2, -0.15) is 5.10 Å². The first-order valence-corrected chi connectivity index (χ1v) is 8.61. The van der Waals surface area contributed by atoms with Crippen molar-refractivity contribution in [3.05, 3.63) is 53.9 Å². The highest BCUT2D eigenvalue weighted by Crippen LogP contribution is 2.26. The second kappa shape index (κ2) is 5.88. The molecule has 0 saturated carbocycles. The maximum absolute atomic E-state index is 12.8. The third kappa shape index (κ3) is 2.85. The average Bonchev–Trinajstić information content (AvgIpc) is 2.99. The van der Waals surface area contributed by atoms with Crippen molar-refractivity contribution in [2.75, 3.05) is 0 Å². The van der Waals surface area contributed by atoms with Crippen molar-refractivity contribution in [2.45, 2.75) is 24.2 Å². The van der Waals surface area contributed by atoms with Crippen molar-refractivity contribution < 1.29 is 8.42 Å². The van der Waals surface area contributed by atoms with Crippen molar-refractivity contribution in [2.24, 2.45) is 21.7 Å². The van der Waals surface area contributed by atoms with E-state index in [-0.39, 0.29) is 10.9 Å². The molecule has 3 rings (SSSR count). The van der Waals surface area contributed by atoms with Gasteiger partial charge in [0.25, 0.3) is 10.0 Å². The Bertz CT molecular complexity index is 878. The maximum atomic E-state index is 12.8. The van der Waals surface area contributed by atoms with E-state index in [0.717, 1.165) is 12.0 Å². The first-order chi connectivity index (χ1) is 11.0. The Morgan fingerprint density at radius 1 is 1.09 bits per heavy atom. The highest BCUT2D eigenvalue weighted by atomic mass is 32.2. The second-order valence-electron chi connectivity index (χ2n) is 5.22. The molecule has 1 aromatic carbocycles. The van der Waals surface area contributed by atoms with Gasteiger partial charge in [-0.1, -0.05) is 18.2 Å². The zero-order valence-electron chi connectivity index (χ0n) is 12.4. The SMILES string of the molecule is NC(N)=NN=C1CCCc2c1ccn2S(=O)(=O)c1ccccc1. The Morgan fingerprint density at radius 2 is 1.83 bits per heavy atom. The number of benzene rings is 1. The van der Waals surface area contributed by atoms with Crippen LogP contribution in [0, 0.1) is 0 Å². The smallest absolute Gasteiger partial charge is 0.267 e. The highest BCUT2D eigenvalue weighted by molar-refractivity contribution is 7.90. The predicted molar refractivity (Wildman–Crippen MR) is 88.7 cm³/mol. The molecule has 23 heavy (non-hydrogen) atoms. The van der Waals surface area contributed by atoms with Crippen LogP contribution in [0.1, 0.15) is 24.1 Å². The number of aromatic nitrogens is 1. The van der Waals surface area contributed by atoms with Crippen molar-refractivity contribution in [3.8, 4) is 0 Å². The molecular formula is C15H17N5O2S. The Balaban J connectivity index is 2.09. The fourth-order valence-electron chi connectivity index (χ4n) is 2.67. The van der Waals surface area contributed by atoms with Crippen LogP contribution in [0.2, 0.25) is 0 Å². The first-order valence-electron chi connectivity index (χ1n) is 7.17. The van der Waals surface area contributed by atoms with Gasteiger partial charge in [0.05, 0.1) is 10.6 Å². The zero-order chi connectivity index (χ0) is 16.4. The molecule has 8 heteroatoms. The molecule has 7 nitrogen and oxygen atoms in total. The minimum atomic E-state index is -3.62. The Morgan fingerprint density at radius 3 is 2.52 bits per heavy atom. The lowest BCUT2D eigenvalue weighted by Gasteiger charge is -2.17. The summed E-state index contributed by atoms with van der Waals surface area (Å²) in [6.45, 7) is 0. The van der Waals surface area contributed by atoms with Gasteiger partial charge in [-0.05, 0) is 37.5 Å². The van der Waals surface area contributed by atoms with Crippen LogP contribution in [0.3, 0.4) is 0 Å². The molecule has 2 aromatic rings. The summed E-state index contributed by atoms with van der Waals surface area (Å²) < 4.78 is 26.9. The molecule has 0 atom stereocenters. The van der Waals surface area contributed by atoms with E-state index in [2.05, 4.69) is 10.2 Å². The van der Waals surface area contributed by atoms with E-state index in [1.807, 2.05) is 0 Å². The van der Waals surface area contributed by atoms with E-state index in [1.165, 1.54) is 3.97 Å². The number of hydrogen-bond donors (Lipinski definition) is 2. The molecule has 1 aliphatic carbocycles. The molecule has 0 bridgehead atoms. The average molecular weight is 331 g/mol. The number of rotatable bonds is 3. The van der Waals surface area contributed by atoms with Gasteiger partial charge >= 0.3 is 0 Å².